The lowest BCUT2D eigenvalue weighted by Crippen LogP contribution is -2.35. The summed E-state index contributed by atoms with van der Waals surface area (Å²) < 4.78 is 16.7. The van der Waals surface area contributed by atoms with Crippen molar-refractivity contribution in [1.82, 2.24) is 19.9 Å². The lowest BCUT2D eigenvalue weighted by Gasteiger charge is -2.29. The lowest BCUT2D eigenvalue weighted by atomic mass is 10.1. The van der Waals surface area contributed by atoms with E-state index in [-0.39, 0.29) is 17.9 Å². The smallest absolute Gasteiger partial charge is 0.173 e. The number of piperidine rings is 1. The van der Waals surface area contributed by atoms with E-state index < -0.39 is 5.82 Å². The summed E-state index contributed by atoms with van der Waals surface area (Å²) in [5, 5.41) is 16.4. The number of nitrogens with zero attached hydrogens (tertiary/aromatic N) is 4. The summed E-state index contributed by atoms with van der Waals surface area (Å²) in [4.78, 5) is 14.8. The SMILES string of the molecule is N=C(c1ccc(-n2cc(CCC(=O)c3ccc(Cl)s3)nn2)c(F)c1)N1CCCCC1. The third kappa shape index (κ3) is 4.60. The molecule has 0 spiro atoms. The van der Waals surface area contributed by atoms with Crippen LogP contribution in [0.3, 0.4) is 0 Å². The molecular weight excluding hydrogens is 425 g/mol. The zero-order valence-corrected chi connectivity index (χ0v) is 17.8. The molecule has 1 saturated heterocycles. The van der Waals surface area contributed by atoms with E-state index in [4.69, 9.17) is 17.0 Å². The summed E-state index contributed by atoms with van der Waals surface area (Å²) in [6, 6.07) is 8.14. The second-order valence-corrected chi connectivity index (χ2v) is 8.96. The van der Waals surface area contributed by atoms with Gasteiger partial charge in [0.1, 0.15) is 17.3 Å². The highest BCUT2D eigenvalue weighted by Gasteiger charge is 2.17. The molecule has 30 heavy (non-hydrogen) atoms. The quantitative estimate of drug-likeness (QED) is 0.337. The molecule has 0 bridgehead atoms. The number of aryl methyl sites for hydroxylation is 1. The third-order valence-electron chi connectivity index (χ3n) is 5.14. The summed E-state index contributed by atoms with van der Waals surface area (Å²) >= 11 is 7.12. The first-order valence-corrected chi connectivity index (χ1v) is 11.0. The molecule has 1 aliphatic rings. The number of carbonyl (C=O) groups is 1. The predicted molar refractivity (Wildman–Crippen MR) is 116 cm³/mol. The van der Waals surface area contributed by atoms with Crippen LogP contribution in [-0.4, -0.2) is 44.6 Å². The number of rotatable bonds is 6. The van der Waals surface area contributed by atoms with Crippen LogP contribution in [0.15, 0.2) is 36.5 Å². The van der Waals surface area contributed by atoms with Gasteiger partial charge in [-0.2, -0.15) is 0 Å². The zero-order valence-electron chi connectivity index (χ0n) is 16.3. The topological polar surface area (TPSA) is 74.9 Å². The van der Waals surface area contributed by atoms with Gasteiger partial charge in [-0.3, -0.25) is 10.2 Å². The Hall–Kier alpha value is -2.58. The van der Waals surface area contributed by atoms with Crippen LogP contribution in [-0.2, 0) is 6.42 Å². The number of aromatic nitrogens is 3. The average molecular weight is 446 g/mol. The van der Waals surface area contributed by atoms with E-state index in [1.54, 1.807) is 30.5 Å². The Morgan fingerprint density at radius 2 is 2.00 bits per heavy atom. The summed E-state index contributed by atoms with van der Waals surface area (Å²) in [6.07, 6.45) is 5.62. The number of hydrogen-bond acceptors (Lipinski definition) is 5. The molecule has 1 fully saturated rings. The fraction of sp³-hybridized carbons (Fsp3) is 0.333. The predicted octanol–water partition coefficient (Wildman–Crippen LogP) is 4.75. The van der Waals surface area contributed by atoms with E-state index in [2.05, 4.69) is 10.3 Å². The zero-order chi connectivity index (χ0) is 21.1. The van der Waals surface area contributed by atoms with Crippen LogP contribution in [0, 0.1) is 11.2 Å². The van der Waals surface area contributed by atoms with Crippen LogP contribution in [0.4, 0.5) is 4.39 Å². The second-order valence-electron chi connectivity index (χ2n) is 7.24. The van der Waals surface area contributed by atoms with Crippen molar-refractivity contribution in [2.45, 2.75) is 32.1 Å². The van der Waals surface area contributed by atoms with Crippen LogP contribution >= 0.6 is 22.9 Å². The minimum atomic E-state index is -0.463. The number of thiophene rings is 1. The normalized spacial score (nSPS) is 14.1. The van der Waals surface area contributed by atoms with E-state index in [1.807, 2.05) is 4.90 Å². The van der Waals surface area contributed by atoms with Crippen LogP contribution < -0.4 is 0 Å². The van der Waals surface area contributed by atoms with Crippen molar-refractivity contribution in [2.75, 3.05) is 13.1 Å². The number of benzene rings is 1. The molecule has 0 atom stereocenters. The van der Waals surface area contributed by atoms with Gasteiger partial charge in [0, 0.05) is 31.5 Å². The number of ketones is 1. The molecule has 6 nitrogen and oxygen atoms in total. The Kier molecular flexibility index (Phi) is 6.24. The number of Topliss-reactive ketones (excluding diaryl/α,β-unsaturated/α-hetero) is 1. The maximum absolute atomic E-state index is 14.7. The van der Waals surface area contributed by atoms with Gasteiger partial charge < -0.3 is 4.90 Å². The number of amidine groups is 1. The number of likely N-dealkylation sites (tertiary alicyclic amines) is 1. The molecule has 2 aromatic heterocycles. The molecule has 1 aliphatic heterocycles. The van der Waals surface area contributed by atoms with Crippen molar-refractivity contribution in [3.05, 3.63) is 62.8 Å². The van der Waals surface area contributed by atoms with Crippen molar-refractivity contribution in [3.63, 3.8) is 0 Å². The fourth-order valence-electron chi connectivity index (χ4n) is 3.50. The molecule has 0 radical (unpaired) electrons. The minimum Gasteiger partial charge on any atom is -0.357 e. The van der Waals surface area contributed by atoms with E-state index in [1.165, 1.54) is 28.5 Å². The van der Waals surface area contributed by atoms with E-state index in [9.17, 15) is 9.18 Å². The van der Waals surface area contributed by atoms with Gasteiger partial charge in [-0.25, -0.2) is 9.07 Å². The maximum atomic E-state index is 14.7. The Labute approximate surface area is 182 Å². The summed E-state index contributed by atoms with van der Waals surface area (Å²) in [5.41, 5.74) is 1.43. The lowest BCUT2D eigenvalue weighted by molar-refractivity contribution is 0.0986. The van der Waals surface area contributed by atoms with Gasteiger partial charge >= 0.3 is 0 Å². The first-order valence-electron chi connectivity index (χ1n) is 9.85. The highest BCUT2D eigenvalue weighted by molar-refractivity contribution is 7.18. The summed E-state index contributed by atoms with van der Waals surface area (Å²) in [7, 11) is 0. The van der Waals surface area contributed by atoms with E-state index >= 15 is 0 Å². The first-order chi connectivity index (χ1) is 14.5. The van der Waals surface area contributed by atoms with Gasteiger partial charge in [-0.05, 0) is 49.6 Å². The number of carbonyl (C=O) groups excluding carboxylic acids is 1. The van der Waals surface area contributed by atoms with Crippen LogP contribution in [0.25, 0.3) is 5.69 Å². The first kappa shape index (κ1) is 20.7. The molecule has 156 valence electrons. The van der Waals surface area contributed by atoms with Crippen LogP contribution in [0.5, 0.6) is 0 Å². The van der Waals surface area contributed by atoms with Crippen molar-refractivity contribution in [1.29, 1.82) is 5.41 Å². The monoisotopic (exact) mass is 445 g/mol. The molecule has 1 aromatic carbocycles. The van der Waals surface area contributed by atoms with Crippen LogP contribution in [0.1, 0.15) is 46.6 Å². The van der Waals surface area contributed by atoms with Gasteiger partial charge in [-0.15, -0.1) is 16.4 Å². The highest BCUT2D eigenvalue weighted by Crippen LogP contribution is 2.23. The number of halogens is 2. The molecule has 1 N–H and O–H groups in total. The highest BCUT2D eigenvalue weighted by atomic mass is 35.5. The summed E-state index contributed by atoms with van der Waals surface area (Å²) in [6.45, 7) is 1.68. The largest absolute Gasteiger partial charge is 0.357 e. The molecular formula is C21H21ClFN5OS. The number of nitrogens with one attached hydrogen (secondary N) is 1. The Bertz CT molecular complexity index is 1070. The van der Waals surface area contributed by atoms with Crippen molar-refractivity contribution in [2.24, 2.45) is 0 Å². The fourth-order valence-corrected chi connectivity index (χ4v) is 4.51. The maximum Gasteiger partial charge on any atom is 0.173 e. The van der Waals surface area contributed by atoms with Gasteiger partial charge in [0.05, 0.1) is 21.1 Å². The average Bonchev–Trinajstić information content (AvgIpc) is 3.41. The molecule has 4 rings (SSSR count). The van der Waals surface area contributed by atoms with E-state index in [0.717, 1.165) is 25.9 Å². The van der Waals surface area contributed by atoms with Crippen molar-refractivity contribution < 1.29 is 9.18 Å². The van der Waals surface area contributed by atoms with Crippen LogP contribution in [0.2, 0.25) is 4.34 Å². The third-order valence-corrected chi connectivity index (χ3v) is 6.41. The van der Waals surface area contributed by atoms with E-state index in [0.29, 0.717) is 32.7 Å². The van der Waals surface area contributed by atoms with Gasteiger partial charge in [-0.1, -0.05) is 16.8 Å². The molecule has 3 heterocycles. The summed E-state index contributed by atoms with van der Waals surface area (Å²) in [5.74, 6) is -0.116. The van der Waals surface area contributed by atoms with Gasteiger partial charge in [0.2, 0.25) is 0 Å². The molecule has 0 amide bonds. The van der Waals surface area contributed by atoms with Crippen molar-refractivity contribution >= 4 is 34.6 Å². The Morgan fingerprint density at radius 3 is 2.70 bits per heavy atom. The minimum absolute atomic E-state index is 0.00629. The standard InChI is InChI=1S/C21H21ClFN5OS/c22-20-9-8-19(30-20)18(29)7-5-15-13-28(26-25-15)17-6-4-14(12-16(17)23)21(24)27-10-2-1-3-11-27/h4,6,8-9,12-13,24H,1-3,5,7,10-11H2. The number of hydrogen-bond donors (Lipinski definition) is 1. The Morgan fingerprint density at radius 1 is 1.20 bits per heavy atom. The molecule has 3 aromatic rings. The van der Waals surface area contributed by atoms with Crippen molar-refractivity contribution in [3.8, 4) is 5.69 Å². The second kappa shape index (κ2) is 9.06. The molecule has 0 aliphatic carbocycles. The Balaban J connectivity index is 1.42. The van der Waals surface area contributed by atoms with Gasteiger partial charge in [0.25, 0.3) is 0 Å². The molecule has 0 saturated carbocycles. The molecule has 0 unspecified atom stereocenters. The van der Waals surface area contributed by atoms with Gasteiger partial charge in [0.15, 0.2) is 5.78 Å². The molecule has 9 heteroatoms.